The number of nitrogens with two attached hydrogens (primary N) is 1. The van der Waals surface area contributed by atoms with Crippen LogP contribution in [0.5, 0.6) is 0 Å². The van der Waals surface area contributed by atoms with Crippen LogP contribution in [0.15, 0.2) is 5.38 Å². The lowest BCUT2D eigenvalue weighted by atomic mass is 10.2. The first-order valence-electron chi connectivity index (χ1n) is 2.98. The van der Waals surface area contributed by atoms with Gasteiger partial charge in [-0.25, -0.2) is 0 Å². The van der Waals surface area contributed by atoms with Crippen molar-refractivity contribution in [3.63, 3.8) is 0 Å². The zero-order chi connectivity index (χ0) is 7.40. The fourth-order valence-corrected chi connectivity index (χ4v) is 1.14. The van der Waals surface area contributed by atoms with Crippen molar-refractivity contribution < 1.29 is 5.11 Å². The molecule has 1 atom stereocenters. The predicted molar refractivity (Wildman–Crippen MR) is 38.5 cm³/mol. The van der Waals surface area contributed by atoms with Crippen LogP contribution in [0.2, 0.25) is 0 Å². The molecule has 0 saturated carbocycles. The van der Waals surface area contributed by atoms with E-state index < -0.39 is 0 Å². The van der Waals surface area contributed by atoms with Crippen LogP contribution in [-0.2, 0) is 0 Å². The highest BCUT2D eigenvalue weighted by molar-refractivity contribution is 7.03. The molecule has 1 aromatic heterocycles. The van der Waals surface area contributed by atoms with Crippen LogP contribution in [-0.4, -0.2) is 21.3 Å². The van der Waals surface area contributed by atoms with Crippen molar-refractivity contribution in [2.24, 2.45) is 5.73 Å². The molecule has 0 aliphatic heterocycles. The molecule has 1 unspecified atom stereocenters. The molecule has 0 radical (unpaired) electrons. The highest BCUT2D eigenvalue weighted by Gasteiger charge is 2.06. The number of aromatic nitrogens is 2. The number of rotatable bonds is 3. The highest BCUT2D eigenvalue weighted by atomic mass is 32.1. The molecule has 0 aromatic carbocycles. The summed E-state index contributed by atoms with van der Waals surface area (Å²) in [6, 6.07) is -0.163. The van der Waals surface area contributed by atoms with E-state index in [1.807, 2.05) is 0 Å². The van der Waals surface area contributed by atoms with E-state index in [-0.39, 0.29) is 12.6 Å². The Bertz CT molecular complexity index is 177. The fraction of sp³-hybridized carbons (Fsp3) is 0.600. The van der Waals surface area contributed by atoms with Crippen molar-refractivity contribution in [2.45, 2.75) is 12.5 Å². The van der Waals surface area contributed by atoms with Crippen LogP contribution in [0.3, 0.4) is 0 Å². The normalized spacial score (nSPS) is 13.4. The summed E-state index contributed by atoms with van der Waals surface area (Å²) in [5.41, 5.74) is 6.36. The summed E-state index contributed by atoms with van der Waals surface area (Å²) < 4.78 is 3.66. The molecule has 0 bridgehead atoms. The maximum Gasteiger partial charge on any atom is 0.0923 e. The second kappa shape index (κ2) is 3.60. The first-order chi connectivity index (χ1) is 4.84. The summed E-state index contributed by atoms with van der Waals surface area (Å²) in [5.74, 6) is 0. The lowest BCUT2D eigenvalue weighted by molar-refractivity contribution is 0.275. The van der Waals surface area contributed by atoms with E-state index in [1.165, 1.54) is 11.5 Å². The molecule has 1 heterocycles. The van der Waals surface area contributed by atoms with Crippen LogP contribution in [0, 0.1) is 0 Å². The van der Waals surface area contributed by atoms with E-state index in [0.717, 1.165) is 5.69 Å². The average molecular weight is 159 g/mol. The molecule has 1 rings (SSSR count). The zero-order valence-electron chi connectivity index (χ0n) is 5.40. The van der Waals surface area contributed by atoms with Gasteiger partial charge in [-0.05, 0) is 18.0 Å². The first-order valence-corrected chi connectivity index (χ1v) is 3.81. The van der Waals surface area contributed by atoms with Gasteiger partial charge in [-0.3, -0.25) is 0 Å². The SMILES string of the molecule is NC(CCO)c1csnn1. The largest absolute Gasteiger partial charge is 0.396 e. The van der Waals surface area contributed by atoms with Crippen molar-refractivity contribution in [1.82, 2.24) is 9.59 Å². The Morgan fingerprint density at radius 1 is 1.80 bits per heavy atom. The van der Waals surface area contributed by atoms with E-state index >= 15 is 0 Å². The van der Waals surface area contributed by atoms with Crippen LogP contribution in [0.1, 0.15) is 18.2 Å². The third kappa shape index (κ3) is 1.73. The summed E-state index contributed by atoms with van der Waals surface area (Å²) in [7, 11) is 0. The Morgan fingerprint density at radius 3 is 3.10 bits per heavy atom. The quantitative estimate of drug-likeness (QED) is 0.647. The van der Waals surface area contributed by atoms with Crippen molar-refractivity contribution in [1.29, 1.82) is 0 Å². The van der Waals surface area contributed by atoms with Gasteiger partial charge in [0.1, 0.15) is 0 Å². The molecule has 10 heavy (non-hydrogen) atoms. The second-order valence-electron chi connectivity index (χ2n) is 1.95. The van der Waals surface area contributed by atoms with E-state index in [1.54, 1.807) is 5.38 Å². The molecule has 56 valence electrons. The fourth-order valence-electron chi connectivity index (χ4n) is 0.620. The van der Waals surface area contributed by atoms with Gasteiger partial charge in [-0.15, -0.1) is 5.10 Å². The third-order valence-electron chi connectivity index (χ3n) is 1.20. The van der Waals surface area contributed by atoms with Crippen LogP contribution < -0.4 is 5.73 Å². The van der Waals surface area contributed by atoms with Gasteiger partial charge in [0, 0.05) is 12.0 Å². The first kappa shape index (κ1) is 7.59. The van der Waals surface area contributed by atoms with Gasteiger partial charge in [0.25, 0.3) is 0 Å². The smallest absolute Gasteiger partial charge is 0.0923 e. The Hall–Kier alpha value is -0.520. The van der Waals surface area contributed by atoms with Crippen molar-refractivity contribution >= 4 is 11.5 Å². The number of aliphatic hydroxyl groups is 1. The topological polar surface area (TPSA) is 72.0 Å². The molecule has 0 spiro atoms. The van der Waals surface area contributed by atoms with Gasteiger partial charge in [0.05, 0.1) is 11.7 Å². The lowest BCUT2D eigenvalue weighted by Crippen LogP contribution is -2.12. The number of nitrogens with zero attached hydrogens (tertiary/aromatic N) is 2. The number of hydrogen-bond donors (Lipinski definition) is 2. The third-order valence-corrected chi connectivity index (χ3v) is 1.72. The summed E-state index contributed by atoms with van der Waals surface area (Å²) >= 11 is 1.27. The Kier molecular flexibility index (Phi) is 2.73. The van der Waals surface area contributed by atoms with Crippen LogP contribution in [0.25, 0.3) is 0 Å². The molecular weight excluding hydrogens is 150 g/mol. The Balaban J connectivity index is 2.50. The lowest BCUT2D eigenvalue weighted by Gasteiger charge is -2.03. The van der Waals surface area contributed by atoms with Crippen molar-refractivity contribution in [3.8, 4) is 0 Å². The summed E-state index contributed by atoms with van der Waals surface area (Å²) in [6.45, 7) is 0.0959. The molecule has 0 fully saturated rings. The Labute approximate surface area is 62.8 Å². The van der Waals surface area contributed by atoms with Crippen LogP contribution in [0.4, 0.5) is 0 Å². The average Bonchev–Trinajstić information content (AvgIpc) is 2.38. The van der Waals surface area contributed by atoms with E-state index in [2.05, 4.69) is 9.59 Å². The molecule has 0 amide bonds. The van der Waals surface area contributed by atoms with E-state index in [0.29, 0.717) is 6.42 Å². The monoisotopic (exact) mass is 159 g/mol. The van der Waals surface area contributed by atoms with Gasteiger partial charge < -0.3 is 10.8 Å². The summed E-state index contributed by atoms with van der Waals surface area (Å²) in [4.78, 5) is 0. The predicted octanol–water partition coefficient (Wildman–Crippen LogP) is -0.0797. The molecule has 0 saturated heterocycles. The second-order valence-corrected chi connectivity index (χ2v) is 2.56. The molecule has 1 aromatic rings. The van der Waals surface area contributed by atoms with Gasteiger partial charge in [-0.2, -0.15) is 0 Å². The molecular formula is C5H9N3OS. The maximum absolute atomic E-state index is 8.51. The van der Waals surface area contributed by atoms with Crippen LogP contribution >= 0.6 is 11.5 Å². The standard InChI is InChI=1S/C5H9N3OS/c6-4(1-2-9)5-3-10-8-7-5/h3-4,9H,1-2,6H2. The summed E-state index contributed by atoms with van der Waals surface area (Å²) in [5, 5.41) is 14.1. The molecule has 0 aliphatic carbocycles. The van der Waals surface area contributed by atoms with Gasteiger partial charge in [0.2, 0.25) is 0 Å². The minimum atomic E-state index is -0.163. The molecule has 0 aliphatic rings. The molecule has 3 N–H and O–H groups in total. The molecule has 4 nitrogen and oxygen atoms in total. The minimum absolute atomic E-state index is 0.0959. The van der Waals surface area contributed by atoms with E-state index in [4.69, 9.17) is 10.8 Å². The van der Waals surface area contributed by atoms with Gasteiger partial charge >= 0.3 is 0 Å². The number of hydrogen-bond acceptors (Lipinski definition) is 5. The van der Waals surface area contributed by atoms with Crippen molar-refractivity contribution in [2.75, 3.05) is 6.61 Å². The molecule has 5 heteroatoms. The van der Waals surface area contributed by atoms with Gasteiger partial charge in [0.15, 0.2) is 0 Å². The summed E-state index contributed by atoms with van der Waals surface area (Å²) in [6.07, 6.45) is 0.547. The van der Waals surface area contributed by atoms with E-state index in [9.17, 15) is 0 Å². The minimum Gasteiger partial charge on any atom is -0.396 e. The Morgan fingerprint density at radius 2 is 2.60 bits per heavy atom. The highest BCUT2D eigenvalue weighted by Crippen LogP contribution is 2.10. The number of aliphatic hydroxyl groups excluding tert-OH is 1. The zero-order valence-corrected chi connectivity index (χ0v) is 6.21. The maximum atomic E-state index is 8.51. The van der Waals surface area contributed by atoms with Crippen molar-refractivity contribution in [3.05, 3.63) is 11.1 Å². The van der Waals surface area contributed by atoms with Gasteiger partial charge in [-0.1, -0.05) is 4.49 Å².